The minimum absolute atomic E-state index is 0.352. The SMILES string of the molecule is CC(CCN)CCC(=O)N1CCN2CCCC2C1. The van der Waals surface area contributed by atoms with E-state index in [1.807, 2.05) is 0 Å². The molecule has 0 spiro atoms. The number of carbonyl (C=O) groups is 1. The molecule has 2 atom stereocenters. The normalized spacial score (nSPS) is 26.1. The zero-order valence-corrected chi connectivity index (χ0v) is 11.6. The molecule has 0 aromatic heterocycles. The standard InChI is InChI=1S/C14H27N3O/c1-12(6-7-15)4-5-14(18)17-10-9-16-8-2-3-13(16)11-17/h12-13H,2-11,15H2,1H3. The molecule has 104 valence electrons. The van der Waals surface area contributed by atoms with Crippen LogP contribution in [0.15, 0.2) is 0 Å². The van der Waals surface area contributed by atoms with E-state index < -0.39 is 0 Å². The highest BCUT2D eigenvalue weighted by molar-refractivity contribution is 5.76. The van der Waals surface area contributed by atoms with Crippen LogP contribution < -0.4 is 5.73 Å². The summed E-state index contributed by atoms with van der Waals surface area (Å²) in [7, 11) is 0. The Morgan fingerprint density at radius 2 is 2.17 bits per heavy atom. The molecule has 2 saturated heterocycles. The second-order valence-corrected chi connectivity index (χ2v) is 5.89. The average Bonchev–Trinajstić information content (AvgIpc) is 2.83. The van der Waals surface area contributed by atoms with Crippen LogP contribution in [-0.4, -0.2) is 54.5 Å². The number of amides is 1. The first-order chi connectivity index (χ1) is 8.70. The Bertz CT molecular complexity index is 282. The maximum absolute atomic E-state index is 12.2. The Kier molecular flexibility index (Phi) is 5.01. The van der Waals surface area contributed by atoms with Crippen LogP contribution in [0.2, 0.25) is 0 Å². The Balaban J connectivity index is 1.72. The number of carbonyl (C=O) groups excluding carboxylic acids is 1. The smallest absolute Gasteiger partial charge is 0.222 e. The van der Waals surface area contributed by atoms with Gasteiger partial charge in [0.2, 0.25) is 5.91 Å². The Labute approximate surface area is 110 Å². The van der Waals surface area contributed by atoms with Crippen LogP contribution >= 0.6 is 0 Å². The van der Waals surface area contributed by atoms with Crippen molar-refractivity contribution in [3.8, 4) is 0 Å². The van der Waals surface area contributed by atoms with Crippen LogP contribution in [0.25, 0.3) is 0 Å². The summed E-state index contributed by atoms with van der Waals surface area (Å²) in [6, 6.07) is 0.643. The molecule has 0 aliphatic carbocycles. The van der Waals surface area contributed by atoms with Gasteiger partial charge in [0.15, 0.2) is 0 Å². The van der Waals surface area contributed by atoms with Gasteiger partial charge in [-0.3, -0.25) is 9.69 Å². The van der Waals surface area contributed by atoms with E-state index in [0.29, 0.717) is 24.3 Å². The van der Waals surface area contributed by atoms with Gasteiger partial charge < -0.3 is 10.6 Å². The fourth-order valence-corrected chi connectivity index (χ4v) is 3.17. The van der Waals surface area contributed by atoms with Crippen LogP contribution in [0.3, 0.4) is 0 Å². The van der Waals surface area contributed by atoms with E-state index >= 15 is 0 Å². The van der Waals surface area contributed by atoms with Gasteiger partial charge in [-0.25, -0.2) is 0 Å². The predicted molar refractivity (Wildman–Crippen MR) is 73.2 cm³/mol. The summed E-state index contributed by atoms with van der Waals surface area (Å²) in [6.45, 7) is 7.13. The van der Waals surface area contributed by atoms with Gasteiger partial charge in [-0.15, -0.1) is 0 Å². The molecule has 0 radical (unpaired) electrons. The van der Waals surface area contributed by atoms with E-state index in [4.69, 9.17) is 5.73 Å². The molecule has 2 N–H and O–H groups in total. The number of piperazine rings is 1. The summed E-state index contributed by atoms with van der Waals surface area (Å²) < 4.78 is 0. The molecule has 18 heavy (non-hydrogen) atoms. The lowest BCUT2D eigenvalue weighted by molar-refractivity contribution is -0.134. The van der Waals surface area contributed by atoms with Gasteiger partial charge in [0.1, 0.15) is 0 Å². The molecule has 2 unspecified atom stereocenters. The number of fused-ring (bicyclic) bond motifs is 1. The third-order valence-electron chi connectivity index (χ3n) is 4.45. The van der Waals surface area contributed by atoms with Crippen molar-refractivity contribution in [3.63, 3.8) is 0 Å². The van der Waals surface area contributed by atoms with Gasteiger partial charge in [-0.2, -0.15) is 0 Å². The summed E-state index contributed by atoms with van der Waals surface area (Å²) >= 11 is 0. The quantitative estimate of drug-likeness (QED) is 0.797. The number of hydrogen-bond acceptors (Lipinski definition) is 3. The highest BCUT2D eigenvalue weighted by Gasteiger charge is 2.32. The second kappa shape index (κ2) is 6.53. The molecule has 2 rings (SSSR count). The number of hydrogen-bond donors (Lipinski definition) is 1. The lowest BCUT2D eigenvalue weighted by Crippen LogP contribution is -2.52. The lowest BCUT2D eigenvalue weighted by Gasteiger charge is -2.37. The van der Waals surface area contributed by atoms with Gasteiger partial charge in [-0.05, 0) is 44.7 Å². The lowest BCUT2D eigenvalue weighted by atomic mass is 10.0. The zero-order valence-electron chi connectivity index (χ0n) is 11.6. The molecule has 0 aromatic carbocycles. The van der Waals surface area contributed by atoms with E-state index in [2.05, 4.69) is 16.7 Å². The van der Waals surface area contributed by atoms with Gasteiger partial charge in [0, 0.05) is 32.1 Å². The first-order valence-corrected chi connectivity index (χ1v) is 7.42. The van der Waals surface area contributed by atoms with E-state index in [1.165, 1.54) is 19.4 Å². The average molecular weight is 253 g/mol. The van der Waals surface area contributed by atoms with Crippen molar-refractivity contribution in [1.82, 2.24) is 9.80 Å². The van der Waals surface area contributed by atoms with Crippen molar-refractivity contribution in [2.45, 2.75) is 45.1 Å². The van der Waals surface area contributed by atoms with E-state index in [-0.39, 0.29) is 0 Å². The third-order valence-corrected chi connectivity index (χ3v) is 4.45. The van der Waals surface area contributed by atoms with Crippen LogP contribution in [-0.2, 0) is 4.79 Å². The largest absolute Gasteiger partial charge is 0.340 e. The van der Waals surface area contributed by atoms with Gasteiger partial charge in [0.25, 0.3) is 0 Å². The van der Waals surface area contributed by atoms with Crippen molar-refractivity contribution >= 4 is 5.91 Å². The van der Waals surface area contributed by atoms with Crippen molar-refractivity contribution in [2.24, 2.45) is 11.7 Å². The van der Waals surface area contributed by atoms with Gasteiger partial charge in [0.05, 0.1) is 0 Å². The van der Waals surface area contributed by atoms with Crippen molar-refractivity contribution < 1.29 is 4.79 Å². The van der Waals surface area contributed by atoms with E-state index in [0.717, 1.165) is 39.0 Å². The van der Waals surface area contributed by atoms with Gasteiger partial charge in [-0.1, -0.05) is 6.92 Å². The summed E-state index contributed by atoms with van der Waals surface area (Å²) in [6.07, 6.45) is 5.30. The third kappa shape index (κ3) is 3.45. The summed E-state index contributed by atoms with van der Waals surface area (Å²) in [5, 5.41) is 0. The van der Waals surface area contributed by atoms with Crippen LogP contribution in [0.5, 0.6) is 0 Å². The van der Waals surface area contributed by atoms with Crippen molar-refractivity contribution in [1.29, 1.82) is 0 Å². The highest BCUT2D eigenvalue weighted by atomic mass is 16.2. The second-order valence-electron chi connectivity index (χ2n) is 5.89. The van der Waals surface area contributed by atoms with Gasteiger partial charge >= 0.3 is 0 Å². The zero-order chi connectivity index (χ0) is 13.0. The Hall–Kier alpha value is -0.610. The molecule has 2 fully saturated rings. The number of nitrogens with two attached hydrogens (primary N) is 1. The minimum atomic E-state index is 0.352. The maximum atomic E-state index is 12.2. The summed E-state index contributed by atoms with van der Waals surface area (Å²) in [5.41, 5.74) is 5.54. The molecule has 1 amide bonds. The summed E-state index contributed by atoms with van der Waals surface area (Å²) in [4.78, 5) is 16.8. The molecule has 2 aliphatic rings. The predicted octanol–water partition coefficient (Wildman–Crippen LogP) is 1.06. The van der Waals surface area contributed by atoms with Crippen molar-refractivity contribution in [2.75, 3.05) is 32.7 Å². The molecular weight excluding hydrogens is 226 g/mol. The monoisotopic (exact) mass is 253 g/mol. The molecule has 4 nitrogen and oxygen atoms in total. The van der Waals surface area contributed by atoms with E-state index in [9.17, 15) is 4.79 Å². The topological polar surface area (TPSA) is 49.6 Å². The van der Waals surface area contributed by atoms with Crippen LogP contribution in [0.1, 0.15) is 39.0 Å². The molecule has 0 saturated carbocycles. The first-order valence-electron chi connectivity index (χ1n) is 7.42. The molecule has 2 heterocycles. The van der Waals surface area contributed by atoms with Crippen LogP contribution in [0, 0.1) is 5.92 Å². The Morgan fingerprint density at radius 1 is 1.33 bits per heavy atom. The van der Waals surface area contributed by atoms with E-state index in [1.54, 1.807) is 0 Å². The summed E-state index contributed by atoms with van der Waals surface area (Å²) in [5.74, 6) is 0.928. The first kappa shape index (κ1) is 13.8. The number of nitrogens with zero attached hydrogens (tertiary/aromatic N) is 2. The molecule has 4 heteroatoms. The minimum Gasteiger partial charge on any atom is -0.340 e. The fraction of sp³-hybridized carbons (Fsp3) is 0.929. The highest BCUT2D eigenvalue weighted by Crippen LogP contribution is 2.22. The maximum Gasteiger partial charge on any atom is 0.222 e. The number of rotatable bonds is 5. The molecule has 2 aliphatic heterocycles. The molecule has 0 aromatic rings. The molecular formula is C14H27N3O. The van der Waals surface area contributed by atoms with Crippen LogP contribution in [0.4, 0.5) is 0 Å². The fourth-order valence-electron chi connectivity index (χ4n) is 3.17. The van der Waals surface area contributed by atoms with Crippen molar-refractivity contribution in [3.05, 3.63) is 0 Å². The molecule has 0 bridgehead atoms. The Morgan fingerprint density at radius 3 is 2.94 bits per heavy atom.